The number of H-pyrrole nitrogens is 1. The number of carbonyl (C=O) groups excluding carboxylic acids is 1. The first kappa shape index (κ1) is 15.8. The van der Waals surface area contributed by atoms with Crippen molar-refractivity contribution < 1.29 is 9.53 Å². The minimum Gasteiger partial charge on any atom is -0.444 e. The van der Waals surface area contributed by atoms with Crippen LogP contribution in [0.15, 0.2) is 6.20 Å². The third kappa shape index (κ3) is 5.04. The van der Waals surface area contributed by atoms with Crippen molar-refractivity contribution in [2.24, 2.45) is 0 Å². The molecule has 1 aliphatic rings. The molecule has 0 radical (unpaired) electrons. The van der Waals surface area contributed by atoms with Gasteiger partial charge in [-0.15, -0.1) is 0 Å². The summed E-state index contributed by atoms with van der Waals surface area (Å²) in [6, 6.07) is 0.425. The summed E-state index contributed by atoms with van der Waals surface area (Å²) in [7, 11) is 0. The number of likely N-dealkylation sites (tertiary alicyclic amines) is 1. The third-order valence-corrected chi connectivity index (χ3v) is 3.46. The van der Waals surface area contributed by atoms with E-state index < -0.39 is 5.60 Å². The van der Waals surface area contributed by atoms with Gasteiger partial charge in [-0.05, 0) is 40.5 Å². The first-order chi connectivity index (χ1) is 9.83. The van der Waals surface area contributed by atoms with Gasteiger partial charge in [0.05, 0.1) is 12.2 Å². The highest BCUT2D eigenvalue weighted by molar-refractivity contribution is 5.68. The van der Waals surface area contributed by atoms with Crippen LogP contribution in [-0.4, -0.2) is 45.7 Å². The van der Waals surface area contributed by atoms with Gasteiger partial charge in [-0.25, -0.2) is 9.78 Å². The van der Waals surface area contributed by atoms with Crippen molar-refractivity contribution in [2.75, 3.05) is 13.1 Å². The lowest BCUT2D eigenvalue weighted by molar-refractivity contribution is 0.0198. The largest absolute Gasteiger partial charge is 0.444 e. The molecular formula is C15H26N4O2. The predicted octanol–water partition coefficient (Wildman–Crippen LogP) is 2.21. The highest BCUT2D eigenvalue weighted by Crippen LogP contribution is 2.15. The number of amides is 1. The summed E-state index contributed by atoms with van der Waals surface area (Å²) in [5.41, 5.74) is 0.579. The number of hydrogen-bond acceptors (Lipinski definition) is 4. The van der Waals surface area contributed by atoms with E-state index in [2.05, 4.69) is 15.3 Å². The number of aryl methyl sites for hydroxylation is 1. The number of aromatic nitrogens is 2. The van der Waals surface area contributed by atoms with Crippen LogP contribution < -0.4 is 5.32 Å². The van der Waals surface area contributed by atoms with Gasteiger partial charge < -0.3 is 19.9 Å². The molecule has 0 spiro atoms. The molecule has 0 unspecified atom stereocenters. The molecule has 2 N–H and O–H groups in total. The Labute approximate surface area is 126 Å². The number of nitrogens with one attached hydrogen (secondary N) is 2. The van der Waals surface area contributed by atoms with Gasteiger partial charge in [0.1, 0.15) is 11.4 Å². The second-order valence-corrected chi connectivity index (χ2v) is 6.61. The summed E-state index contributed by atoms with van der Waals surface area (Å²) in [4.78, 5) is 21.3. The molecule has 1 fully saturated rings. The van der Waals surface area contributed by atoms with Gasteiger partial charge in [0.15, 0.2) is 0 Å². The maximum Gasteiger partial charge on any atom is 0.410 e. The molecule has 0 bridgehead atoms. The number of ether oxygens (including phenoxy) is 1. The fraction of sp³-hybridized carbons (Fsp3) is 0.733. The molecule has 1 aromatic heterocycles. The number of nitrogens with zero attached hydrogens (tertiary/aromatic N) is 2. The van der Waals surface area contributed by atoms with E-state index in [0.717, 1.165) is 44.0 Å². The topological polar surface area (TPSA) is 70.2 Å². The Hall–Kier alpha value is -1.56. The van der Waals surface area contributed by atoms with Crippen LogP contribution in [0.3, 0.4) is 0 Å². The molecule has 2 heterocycles. The molecule has 6 heteroatoms. The van der Waals surface area contributed by atoms with Crippen LogP contribution >= 0.6 is 0 Å². The molecule has 0 aromatic carbocycles. The van der Waals surface area contributed by atoms with Gasteiger partial charge in [-0.3, -0.25) is 0 Å². The minimum atomic E-state index is -0.427. The smallest absolute Gasteiger partial charge is 0.410 e. The van der Waals surface area contributed by atoms with Gasteiger partial charge >= 0.3 is 6.09 Å². The molecule has 2 rings (SSSR count). The van der Waals surface area contributed by atoms with Crippen LogP contribution in [-0.2, 0) is 11.3 Å². The molecule has 1 amide bonds. The molecule has 0 aliphatic carbocycles. The highest BCUT2D eigenvalue weighted by Gasteiger charge is 2.26. The van der Waals surface area contributed by atoms with E-state index in [0.29, 0.717) is 6.04 Å². The average molecular weight is 294 g/mol. The summed E-state index contributed by atoms with van der Waals surface area (Å²) in [5.74, 6) is 0.960. The van der Waals surface area contributed by atoms with Gasteiger partial charge in [-0.1, -0.05) is 0 Å². The molecule has 1 aromatic rings. The minimum absolute atomic E-state index is 0.206. The maximum absolute atomic E-state index is 12.0. The van der Waals surface area contributed by atoms with E-state index in [-0.39, 0.29) is 6.09 Å². The van der Waals surface area contributed by atoms with Crippen LogP contribution in [0.2, 0.25) is 0 Å². The zero-order chi connectivity index (χ0) is 15.5. The van der Waals surface area contributed by atoms with E-state index in [1.54, 1.807) is 4.90 Å². The Bertz CT molecular complexity index is 470. The summed E-state index contributed by atoms with van der Waals surface area (Å²) in [5, 5.41) is 3.49. The van der Waals surface area contributed by atoms with Crippen molar-refractivity contribution in [1.29, 1.82) is 0 Å². The Morgan fingerprint density at radius 1 is 1.48 bits per heavy atom. The second-order valence-electron chi connectivity index (χ2n) is 6.61. The van der Waals surface area contributed by atoms with E-state index in [4.69, 9.17) is 4.74 Å². The first-order valence-electron chi connectivity index (χ1n) is 7.56. The van der Waals surface area contributed by atoms with Crippen LogP contribution in [0.4, 0.5) is 4.79 Å². The van der Waals surface area contributed by atoms with Crippen LogP contribution in [0.5, 0.6) is 0 Å². The zero-order valence-electron chi connectivity index (χ0n) is 13.4. The first-order valence-corrected chi connectivity index (χ1v) is 7.56. The van der Waals surface area contributed by atoms with Gasteiger partial charge in [0.2, 0.25) is 0 Å². The standard InChI is InChI=1S/C15H26N4O2/c1-11-9-17-13(18-11)10-16-12-5-7-19(8-6-12)14(20)21-15(2,3)4/h9,12,16H,5-8,10H2,1-4H3,(H,17,18). The summed E-state index contributed by atoms with van der Waals surface area (Å²) < 4.78 is 5.40. The van der Waals surface area contributed by atoms with Crippen molar-refractivity contribution in [1.82, 2.24) is 20.2 Å². The fourth-order valence-electron chi connectivity index (χ4n) is 2.39. The molecular weight excluding hydrogens is 268 g/mol. The molecule has 1 saturated heterocycles. The number of carbonyl (C=O) groups is 1. The lowest BCUT2D eigenvalue weighted by atomic mass is 10.1. The van der Waals surface area contributed by atoms with Crippen molar-refractivity contribution in [3.8, 4) is 0 Å². The average Bonchev–Trinajstić information content (AvgIpc) is 2.81. The van der Waals surface area contributed by atoms with Crippen LogP contribution in [0, 0.1) is 6.92 Å². The maximum atomic E-state index is 12.0. The highest BCUT2D eigenvalue weighted by atomic mass is 16.6. The normalized spacial score (nSPS) is 17.0. The van der Waals surface area contributed by atoms with Crippen molar-refractivity contribution in [2.45, 2.75) is 58.7 Å². The summed E-state index contributed by atoms with van der Waals surface area (Å²) in [6.45, 7) is 9.87. The zero-order valence-corrected chi connectivity index (χ0v) is 13.4. The SMILES string of the molecule is Cc1c[nH]c(CNC2CCN(C(=O)OC(C)(C)C)CC2)n1. The second kappa shape index (κ2) is 6.47. The number of aromatic amines is 1. The molecule has 21 heavy (non-hydrogen) atoms. The van der Waals surface area contributed by atoms with Gasteiger partial charge in [-0.2, -0.15) is 0 Å². The molecule has 6 nitrogen and oxygen atoms in total. The van der Waals surface area contributed by atoms with Crippen molar-refractivity contribution in [3.63, 3.8) is 0 Å². The van der Waals surface area contributed by atoms with E-state index in [1.165, 1.54) is 0 Å². The molecule has 1 aliphatic heterocycles. The molecule has 0 saturated carbocycles. The molecule has 0 atom stereocenters. The van der Waals surface area contributed by atoms with E-state index in [9.17, 15) is 4.79 Å². The van der Waals surface area contributed by atoms with Gasteiger partial charge in [0.25, 0.3) is 0 Å². The number of rotatable bonds is 3. The Morgan fingerprint density at radius 2 is 2.14 bits per heavy atom. The van der Waals surface area contributed by atoms with Gasteiger partial charge in [0, 0.05) is 25.3 Å². The van der Waals surface area contributed by atoms with E-state index in [1.807, 2.05) is 33.9 Å². The van der Waals surface area contributed by atoms with Crippen molar-refractivity contribution >= 4 is 6.09 Å². The number of hydrogen-bond donors (Lipinski definition) is 2. The quantitative estimate of drug-likeness (QED) is 0.896. The number of imidazole rings is 1. The Morgan fingerprint density at radius 3 is 2.67 bits per heavy atom. The van der Waals surface area contributed by atoms with Crippen LogP contribution in [0.1, 0.15) is 45.1 Å². The lowest BCUT2D eigenvalue weighted by Gasteiger charge is -2.33. The Balaban J connectivity index is 1.72. The van der Waals surface area contributed by atoms with E-state index >= 15 is 0 Å². The lowest BCUT2D eigenvalue weighted by Crippen LogP contribution is -2.46. The van der Waals surface area contributed by atoms with Crippen LogP contribution in [0.25, 0.3) is 0 Å². The Kier molecular flexibility index (Phi) is 4.88. The fourth-order valence-corrected chi connectivity index (χ4v) is 2.39. The summed E-state index contributed by atoms with van der Waals surface area (Å²) >= 11 is 0. The van der Waals surface area contributed by atoms with Crippen molar-refractivity contribution in [3.05, 3.63) is 17.7 Å². The summed E-state index contributed by atoms with van der Waals surface area (Å²) in [6.07, 6.45) is 3.59. The number of piperidine rings is 1. The monoisotopic (exact) mass is 294 g/mol. The predicted molar refractivity (Wildman–Crippen MR) is 81.0 cm³/mol. The third-order valence-electron chi connectivity index (χ3n) is 3.46. The molecule has 118 valence electrons.